The van der Waals surface area contributed by atoms with Crippen LogP contribution in [0.2, 0.25) is 25.0 Å². The average Bonchev–Trinajstić information content (AvgIpc) is 2.24. The van der Waals surface area contributed by atoms with Crippen LogP contribution in [0.3, 0.4) is 0 Å². The van der Waals surface area contributed by atoms with Gasteiger partial charge < -0.3 is 0 Å². The van der Waals surface area contributed by atoms with Gasteiger partial charge in [0.2, 0.25) is 0 Å². The molecule has 1 heterocycles. The molecule has 0 unspecified atom stereocenters. The molecule has 0 radical (unpaired) electrons. The van der Waals surface area contributed by atoms with Crippen LogP contribution in [0.5, 0.6) is 0 Å². The van der Waals surface area contributed by atoms with Crippen LogP contribution in [0.15, 0.2) is 15.8 Å². The van der Waals surface area contributed by atoms with Gasteiger partial charge in [0.15, 0.2) is 0 Å². The van der Waals surface area contributed by atoms with Crippen LogP contribution < -0.4 is 0 Å². The van der Waals surface area contributed by atoms with E-state index in [2.05, 4.69) is 33.5 Å². The van der Waals surface area contributed by atoms with Crippen LogP contribution in [-0.2, 0) is 0 Å². The van der Waals surface area contributed by atoms with Crippen molar-refractivity contribution < 1.29 is 0 Å². The van der Waals surface area contributed by atoms with Gasteiger partial charge in [-0.1, -0.05) is 0 Å². The first-order valence-electron chi connectivity index (χ1n) is 6.40. The summed E-state index contributed by atoms with van der Waals surface area (Å²) in [6, 6.07) is 0. The van der Waals surface area contributed by atoms with Crippen LogP contribution in [0.4, 0.5) is 0 Å². The first-order chi connectivity index (χ1) is 7.50. The van der Waals surface area contributed by atoms with Crippen molar-refractivity contribution >= 4 is 27.6 Å². The topological polar surface area (TPSA) is 12.4 Å². The molecule has 0 aromatic rings. The zero-order chi connectivity index (χ0) is 12.2. The molecule has 0 aliphatic carbocycles. The molecule has 1 aliphatic rings. The third-order valence-corrected chi connectivity index (χ3v) is 7.49. The minimum atomic E-state index is -1.19. The molecule has 3 heteroatoms. The summed E-state index contributed by atoms with van der Waals surface area (Å²) in [5, 5.41) is 3.11. The normalized spacial score (nSPS) is 20.7. The summed E-state index contributed by atoms with van der Waals surface area (Å²) in [5.41, 5.74) is 1.72. The third kappa shape index (κ3) is 3.58. The van der Waals surface area contributed by atoms with Crippen LogP contribution in [0, 0.1) is 0 Å². The van der Waals surface area contributed by atoms with E-state index in [9.17, 15) is 0 Å². The third-order valence-electron chi connectivity index (χ3n) is 2.87. The van der Waals surface area contributed by atoms with Gasteiger partial charge in [0.25, 0.3) is 0 Å². The fraction of sp³-hybridized carbons (Fsp3) is 0.769. The maximum absolute atomic E-state index is 4.87. The molecule has 0 aromatic carbocycles. The van der Waals surface area contributed by atoms with E-state index in [-0.39, 0.29) is 0 Å². The summed E-state index contributed by atoms with van der Waals surface area (Å²) in [7, 11) is -1.19. The Labute approximate surface area is 108 Å². The van der Waals surface area contributed by atoms with E-state index in [4.69, 9.17) is 4.99 Å². The molecule has 1 rings (SSSR count). The Kier molecular flexibility index (Phi) is 5.49. The van der Waals surface area contributed by atoms with Crippen molar-refractivity contribution in [3.8, 4) is 0 Å². The van der Waals surface area contributed by atoms with Crippen LogP contribution >= 0.6 is 0 Å². The predicted molar refractivity (Wildman–Crippen MR) is 78.4 cm³/mol. The number of nitrogens with zero attached hydrogens (tertiary/aromatic N) is 1. The molecule has 0 bridgehead atoms. The maximum atomic E-state index is 4.87. The number of aliphatic imine (C=N–C) groups is 1. The molecule has 0 atom stereocenters. The Bertz CT molecular complexity index is 300. The second kappa shape index (κ2) is 6.18. The van der Waals surface area contributed by atoms with E-state index < -0.39 is 8.07 Å². The van der Waals surface area contributed by atoms with E-state index >= 15 is 0 Å². The van der Waals surface area contributed by atoms with Gasteiger partial charge in [-0.3, -0.25) is 0 Å². The molecule has 92 valence electrons. The Morgan fingerprint density at radius 2 is 1.94 bits per heavy atom. The van der Waals surface area contributed by atoms with Gasteiger partial charge in [0.1, 0.15) is 0 Å². The van der Waals surface area contributed by atoms with Gasteiger partial charge in [-0.15, -0.1) is 0 Å². The van der Waals surface area contributed by atoms with E-state index in [1.54, 1.807) is 10.8 Å². The molecule has 0 fully saturated rings. The first kappa shape index (κ1) is 14.2. The van der Waals surface area contributed by atoms with Crippen molar-refractivity contribution in [2.24, 2.45) is 4.99 Å². The quantitative estimate of drug-likeness (QED) is 0.698. The molecule has 1 aliphatic heterocycles. The molecule has 0 saturated carbocycles. The zero-order valence-corrected chi connectivity index (χ0v) is 14.1. The van der Waals surface area contributed by atoms with Crippen molar-refractivity contribution in [1.29, 1.82) is 0 Å². The number of rotatable bonds is 4. The Balaban J connectivity index is 3.09. The molecule has 0 spiro atoms. The molecule has 1 nitrogen and oxygen atoms in total. The molecular formula is C13H25NSeSi. The van der Waals surface area contributed by atoms with Crippen molar-refractivity contribution in [2.75, 3.05) is 6.54 Å². The molecule has 0 aromatic heterocycles. The molecule has 16 heavy (non-hydrogen) atoms. The number of allylic oxidation sites excluding steroid dienone is 2. The van der Waals surface area contributed by atoms with E-state index in [0.717, 1.165) is 6.54 Å². The van der Waals surface area contributed by atoms with Crippen molar-refractivity contribution in [3.05, 3.63) is 10.8 Å². The van der Waals surface area contributed by atoms with Crippen LogP contribution in [0.1, 0.15) is 33.1 Å². The Morgan fingerprint density at radius 1 is 1.25 bits per heavy atom. The van der Waals surface area contributed by atoms with Gasteiger partial charge in [-0.2, -0.15) is 0 Å². The fourth-order valence-corrected chi connectivity index (χ4v) is 8.67. The summed E-state index contributed by atoms with van der Waals surface area (Å²) >= 11 is 0.656. The molecular weight excluding hydrogens is 277 g/mol. The first-order valence-corrected chi connectivity index (χ1v) is 12.0. The van der Waals surface area contributed by atoms with Gasteiger partial charge in [-0.25, -0.2) is 0 Å². The zero-order valence-electron chi connectivity index (χ0n) is 11.4. The molecule has 0 N–H and O–H groups in total. The Morgan fingerprint density at radius 3 is 2.44 bits per heavy atom. The number of hydrogen-bond acceptors (Lipinski definition) is 1. The second-order valence-electron chi connectivity index (χ2n) is 5.37. The van der Waals surface area contributed by atoms with Crippen molar-refractivity contribution in [3.63, 3.8) is 0 Å². The van der Waals surface area contributed by atoms with E-state index in [0.29, 0.717) is 15.0 Å². The minimum absolute atomic E-state index is 0.656. The van der Waals surface area contributed by atoms with E-state index in [1.807, 2.05) is 0 Å². The SMILES string of the molecule is CCCN=C1[Se]CCC(CC)=C1[Si](C)(C)C. The van der Waals surface area contributed by atoms with E-state index in [1.165, 1.54) is 29.2 Å². The molecule has 0 amide bonds. The average molecular weight is 302 g/mol. The second-order valence-corrected chi connectivity index (χ2v) is 12.6. The van der Waals surface area contributed by atoms with Crippen molar-refractivity contribution in [2.45, 2.75) is 58.1 Å². The monoisotopic (exact) mass is 303 g/mol. The summed E-state index contributed by atoms with van der Waals surface area (Å²) in [6.45, 7) is 13.0. The summed E-state index contributed by atoms with van der Waals surface area (Å²) < 4.78 is 1.52. The van der Waals surface area contributed by atoms with Crippen LogP contribution in [-0.4, -0.2) is 34.2 Å². The fourth-order valence-electron chi connectivity index (χ4n) is 2.16. The van der Waals surface area contributed by atoms with Gasteiger partial charge in [0.05, 0.1) is 0 Å². The summed E-state index contributed by atoms with van der Waals surface area (Å²) in [4.78, 5) is 4.87. The summed E-state index contributed by atoms with van der Waals surface area (Å²) in [5.74, 6) is 0. The predicted octanol–water partition coefficient (Wildman–Crippen LogP) is 3.91. The van der Waals surface area contributed by atoms with Gasteiger partial charge in [0, 0.05) is 0 Å². The van der Waals surface area contributed by atoms with Gasteiger partial charge >= 0.3 is 108 Å². The standard InChI is InChI=1S/C13H25NSeSi/c1-6-9-14-13-12(16(3,4)5)11(7-2)8-10-15-13/h6-10H2,1-5H3. The summed E-state index contributed by atoms with van der Waals surface area (Å²) in [6.07, 6.45) is 3.77. The Hall–Kier alpha value is 0.146. The van der Waals surface area contributed by atoms with Crippen molar-refractivity contribution in [1.82, 2.24) is 0 Å². The molecule has 0 saturated heterocycles. The van der Waals surface area contributed by atoms with Gasteiger partial charge in [-0.05, 0) is 0 Å². The van der Waals surface area contributed by atoms with Crippen LogP contribution in [0.25, 0.3) is 0 Å². The number of hydrogen-bond donors (Lipinski definition) is 0.